The number of rotatable bonds is 3. The Morgan fingerprint density at radius 3 is 2.57 bits per heavy atom. The van der Waals surface area contributed by atoms with Gasteiger partial charge in [0.05, 0.1) is 12.3 Å². The lowest BCUT2D eigenvalue weighted by molar-refractivity contribution is 0.277. The van der Waals surface area contributed by atoms with Crippen molar-refractivity contribution in [2.24, 2.45) is 0 Å². The van der Waals surface area contributed by atoms with Crippen molar-refractivity contribution >= 4 is 0 Å². The molecule has 0 aliphatic rings. The maximum atomic E-state index is 13.1. The van der Waals surface area contributed by atoms with E-state index in [0.29, 0.717) is 11.4 Å². The predicted molar refractivity (Wildman–Crippen MR) is 77.4 cm³/mol. The second-order valence-electron chi connectivity index (χ2n) is 4.80. The Morgan fingerprint density at radius 1 is 1.14 bits per heavy atom. The normalized spacial score (nSPS) is 10.8. The molecule has 1 N–H and O–H groups in total. The molecule has 0 unspecified atom stereocenters. The zero-order chi connectivity index (χ0) is 14.8. The molecule has 4 nitrogen and oxygen atoms in total. The molecule has 0 bridgehead atoms. The first-order valence-electron chi connectivity index (χ1n) is 6.57. The second kappa shape index (κ2) is 5.46. The maximum Gasteiger partial charge on any atom is 0.123 e. The largest absolute Gasteiger partial charge is 0.390 e. The van der Waals surface area contributed by atoms with E-state index in [2.05, 4.69) is 10.3 Å². The van der Waals surface area contributed by atoms with Crippen molar-refractivity contribution in [1.29, 1.82) is 0 Å². The minimum atomic E-state index is -0.307. The fourth-order valence-electron chi connectivity index (χ4n) is 2.26. The van der Waals surface area contributed by atoms with Crippen LogP contribution in [0.4, 0.5) is 4.39 Å². The van der Waals surface area contributed by atoms with Gasteiger partial charge in [0.1, 0.15) is 17.2 Å². The summed E-state index contributed by atoms with van der Waals surface area (Å²) in [5, 5.41) is 17.6. The lowest BCUT2D eigenvalue weighted by Crippen LogP contribution is -2.00. The summed E-state index contributed by atoms with van der Waals surface area (Å²) in [5.41, 5.74) is 3.83. The highest BCUT2D eigenvalue weighted by atomic mass is 19.1. The Balaban J connectivity index is 2.19. The quantitative estimate of drug-likeness (QED) is 0.804. The number of aliphatic hydroxyl groups is 1. The number of benzene rings is 2. The molecule has 0 aliphatic heterocycles. The van der Waals surface area contributed by atoms with Crippen molar-refractivity contribution in [2.45, 2.75) is 13.5 Å². The monoisotopic (exact) mass is 283 g/mol. The van der Waals surface area contributed by atoms with Crippen LogP contribution in [-0.2, 0) is 6.61 Å². The molecule has 0 aliphatic carbocycles. The first-order valence-corrected chi connectivity index (χ1v) is 6.57. The summed E-state index contributed by atoms with van der Waals surface area (Å²) < 4.78 is 14.8. The van der Waals surface area contributed by atoms with E-state index in [1.54, 1.807) is 16.8 Å². The van der Waals surface area contributed by atoms with Crippen molar-refractivity contribution in [1.82, 2.24) is 15.0 Å². The van der Waals surface area contributed by atoms with E-state index in [4.69, 9.17) is 0 Å². The Kier molecular flexibility index (Phi) is 3.50. The molecule has 0 amide bonds. The van der Waals surface area contributed by atoms with Crippen LogP contribution in [0.1, 0.15) is 11.3 Å². The van der Waals surface area contributed by atoms with Crippen LogP contribution in [0.5, 0.6) is 0 Å². The van der Waals surface area contributed by atoms with Crippen LogP contribution >= 0.6 is 0 Å². The van der Waals surface area contributed by atoms with Gasteiger partial charge in [-0.15, -0.1) is 5.10 Å². The molecule has 1 heterocycles. The van der Waals surface area contributed by atoms with Gasteiger partial charge in [-0.3, -0.25) is 0 Å². The van der Waals surface area contributed by atoms with Gasteiger partial charge in [-0.2, -0.15) is 0 Å². The first kappa shape index (κ1) is 13.5. The summed E-state index contributed by atoms with van der Waals surface area (Å²) in [5.74, 6) is -0.307. The molecule has 5 heteroatoms. The molecule has 0 radical (unpaired) electrons. The van der Waals surface area contributed by atoms with E-state index >= 15 is 0 Å². The molecule has 3 aromatic rings. The van der Waals surface area contributed by atoms with Gasteiger partial charge in [-0.05, 0) is 48.9 Å². The Morgan fingerprint density at radius 2 is 1.90 bits per heavy atom. The smallest absolute Gasteiger partial charge is 0.123 e. The van der Waals surface area contributed by atoms with Crippen LogP contribution in [0.3, 0.4) is 0 Å². The van der Waals surface area contributed by atoms with E-state index in [1.807, 2.05) is 31.2 Å². The first-order chi connectivity index (χ1) is 10.2. The highest BCUT2D eigenvalue weighted by molar-refractivity contribution is 5.64. The van der Waals surface area contributed by atoms with Crippen molar-refractivity contribution < 1.29 is 9.50 Å². The van der Waals surface area contributed by atoms with Crippen molar-refractivity contribution in [3.8, 4) is 16.9 Å². The summed E-state index contributed by atoms with van der Waals surface area (Å²) in [7, 11) is 0. The molecule has 0 atom stereocenters. The Bertz CT molecular complexity index is 765. The van der Waals surface area contributed by atoms with Crippen LogP contribution in [0.25, 0.3) is 16.9 Å². The zero-order valence-corrected chi connectivity index (χ0v) is 11.5. The van der Waals surface area contributed by atoms with Crippen LogP contribution in [0.2, 0.25) is 0 Å². The van der Waals surface area contributed by atoms with E-state index in [0.717, 1.165) is 16.8 Å². The standard InChI is InChI=1S/C16H14FN3O/c1-11-3-2-4-14(9-11)20-16(15(10-21)18-19-20)12-5-7-13(17)8-6-12/h2-9,21H,10H2,1H3. The fraction of sp³-hybridized carbons (Fsp3) is 0.125. The highest BCUT2D eigenvalue weighted by Crippen LogP contribution is 2.25. The third kappa shape index (κ3) is 2.55. The van der Waals surface area contributed by atoms with Gasteiger partial charge in [0, 0.05) is 5.56 Å². The number of nitrogens with zero attached hydrogens (tertiary/aromatic N) is 3. The number of hydrogen-bond donors (Lipinski definition) is 1. The highest BCUT2D eigenvalue weighted by Gasteiger charge is 2.15. The molecule has 0 fully saturated rings. The van der Waals surface area contributed by atoms with E-state index in [1.165, 1.54) is 12.1 Å². The molecule has 106 valence electrons. The molecule has 1 aromatic heterocycles. The van der Waals surface area contributed by atoms with E-state index < -0.39 is 0 Å². The minimum absolute atomic E-state index is 0.224. The van der Waals surface area contributed by atoms with E-state index in [9.17, 15) is 9.50 Å². The number of aromatic nitrogens is 3. The molecule has 21 heavy (non-hydrogen) atoms. The fourth-order valence-corrected chi connectivity index (χ4v) is 2.26. The van der Waals surface area contributed by atoms with Gasteiger partial charge in [0.15, 0.2) is 0 Å². The lowest BCUT2D eigenvalue weighted by atomic mass is 10.1. The number of halogens is 1. The molecular formula is C16H14FN3O. The molecule has 3 rings (SSSR count). The van der Waals surface area contributed by atoms with Crippen molar-refractivity contribution in [2.75, 3.05) is 0 Å². The van der Waals surface area contributed by atoms with Crippen LogP contribution in [0, 0.1) is 12.7 Å². The van der Waals surface area contributed by atoms with Gasteiger partial charge in [-0.25, -0.2) is 9.07 Å². The van der Waals surface area contributed by atoms with Gasteiger partial charge in [0.2, 0.25) is 0 Å². The van der Waals surface area contributed by atoms with Crippen molar-refractivity contribution in [3.63, 3.8) is 0 Å². The Labute approximate surface area is 121 Å². The zero-order valence-electron chi connectivity index (χ0n) is 11.5. The third-order valence-electron chi connectivity index (χ3n) is 3.25. The molecule has 0 spiro atoms. The third-order valence-corrected chi connectivity index (χ3v) is 3.25. The Hall–Kier alpha value is -2.53. The summed E-state index contributed by atoms with van der Waals surface area (Å²) in [6, 6.07) is 13.9. The average Bonchev–Trinajstić information content (AvgIpc) is 2.92. The van der Waals surface area contributed by atoms with Gasteiger partial charge in [-0.1, -0.05) is 17.3 Å². The van der Waals surface area contributed by atoms with Crippen LogP contribution < -0.4 is 0 Å². The summed E-state index contributed by atoms with van der Waals surface area (Å²) >= 11 is 0. The molecular weight excluding hydrogens is 269 g/mol. The number of aliphatic hydroxyl groups excluding tert-OH is 1. The predicted octanol–water partition coefficient (Wildman–Crippen LogP) is 2.87. The van der Waals surface area contributed by atoms with Crippen LogP contribution in [0.15, 0.2) is 48.5 Å². The average molecular weight is 283 g/mol. The molecule has 2 aromatic carbocycles. The van der Waals surface area contributed by atoms with Crippen molar-refractivity contribution in [3.05, 3.63) is 65.6 Å². The number of aryl methyl sites for hydroxylation is 1. The maximum absolute atomic E-state index is 13.1. The topological polar surface area (TPSA) is 50.9 Å². The van der Waals surface area contributed by atoms with Crippen LogP contribution in [-0.4, -0.2) is 20.1 Å². The van der Waals surface area contributed by atoms with Gasteiger partial charge in [0.25, 0.3) is 0 Å². The second-order valence-corrected chi connectivity index (χ2v) is 4.80. The molecule has 0 saturated carbocycles. The summed E-state index contributed by atoms with van der Waals surface area (Å²) in [6.45, 7) is 1.77. The summed E-state index contributed by atoms with van der Waals surface area (Å²) in [6.07, 6.45) is 0. The SMILES string of the molecule is Cc1cccc(-n2nnc(CO)c2-c2ccc(F)cc2)c1. The van der Waals surface area contributed by atoms with Gasteiger partial charge < -0.3 is 5.11 Å². The number of hydrogen-bond acceptors (Lipinski definition) is 3. The summed E-state index contributed by atoms with van der Waals surface area (Å²) in [4.78, 5) is 0. The van der Waals surface area contributed by atoms with E-state index in [-0.39, 0.29) is 12.4 Å². The lowest BCUT2D eigenvalue weighted by Gasteiger charge is -2.08. The minimum Gasteiger partial charge on any atom is -0.390 e. The molecule has 0 saturated heterocycles. The van der Waals surface area contributed by atoms with Gasteiger partial charge >= 0.3 is 0 Å².